The van der Waals surface area contributed by atoms with Gasteiger partial charge in [0, 0.05) is 33.1 Å². The van der Waals surface area contributed by atoms with E-state index in [1.165, 1.54) is 72.5 Å². The summed E-state index contributed by atoms with van der Waals surface area (Å²) in [7, 11) is 0. The summed E-state index contributed by atoms with van der Waals surface area (Å²) in [5.74, 6) is 0. The third kappa shape index (κ3) is 5.26. The van der Waals surface area contributed by atoms with Crippen molar-refractivity contribution in [3.63, 3.8) is 0 Å². The van der Waals surface area contributed by atoms with Crippen LogP contribution in [0.2, 0.25) is 0 Å². The molecule has 0 spiro atoms. The van der Waals surface area contributed by atoms with Crippen molar-refractivity contribution in [1.82, 2.24) is 0 Å². The highest BCUT2D eigenvalue weighted by Crippen LogP contribution is 2.59. The van der Waals surface area contributed by atoms with Crippen molar-refractivity contribution in [3.8, 4) is 22.3 Å². The lowest BCUT2D eigenvalue weighted by Crippen LogP contribution is -2.30. The summed E-state index contributed by atoms with van der Waals surface area (Å²) in [6.45, 7) is 9.23. The first-order chi connectivity index (χ1) is 29.4. The normalized spacial score (nSPS) is 17.6. The first-order valence-electron chi connectivity index (χ1n) is 21.4. The molecule has 0 radical (unpaired) electrons. The SMILES string of the molecule is C/C=C\C1=C(C)c2c(N(c3ccc(-c4ccc5oc6ccccc6c5c4)cc3)c3ccc4c(c3)C(C)(C)c3ccccc3-4)cccc2C1(C1=CCCC=C1)c1ccccc1. The van der Waals surface area contributed by atoms with Crippen LogP contribution in [-0.4, -0.2) is 0 Å². The number of hydrogen-bond donors (Lipinski definition) is 0. The maximum Gasteiger partial charge on any atom is 0.135 e. The van der Waals surface area contributed by atoms with E-state index in [1.807, 2.05) is 12.1 Å². The quantitative estimate of drug-likeness (QED) is 0.160. The molecule has 1 heterocycles. The van der Waals surface area contributed by atoms with Gasteiger partial charge < -0.3 is 9.32 Å². The zero-order valence-corrected chi connectivity index (χ0v) is 34.7. The predicted octanol–water partition coefficient (Wildman–Crippen LogP) is 16.0. The molecule has 11 rings (SSSR count). The lowest BCUT2D eigenvalue weighted by molar-refractivity contribution is 0.660. The molecule has 60 heavy (non-hydrogen) atoms. The van der Waals surface area contributed by atoms with E-state index in [4.69, 9.17) is 4.42 Å². The molecule has 8 aromatic rings. The van der Waals surface area contributed by atoms with Crippen LogP contribution in [0.15, 0.2) is 204 Å². The van der Waals surface area contributed by atoms with Crippen LogP contribution in [0.5, 0.6) is 0 Å². The number of furan rings is 1. The summed E-state index contributed by atoms with van der Waals surface area (Å²) in [6, 6.07) is 58.2. The Morgan fingerprint density at radius 3 is 2.13 bits per heavy atom. The van der Waals surface area contributed by atoms with Crippen molar-refractivity contribution in [3.05, 3.63) is 227 Å². The Morgan fingerprint density at radius 2 is 1.32 bits per heavy atom. The molecule has 0 saturated heterocycles. The fourth-order valence-corrected chi connectivity index (χ4v) is 10.7. The van der Waals surface area contributed by atoms with E-state index >= 15 is 0 Å². The zero-order chi connectivity index (χ0) is 40.6. The fraction of sp³-hybridized carbons (Fsp3) is 0.138. The fourth-order valence-electron chi connectivity index (χ4n) is 10.7. The lowest BCUT2D eigenvalue weighted by atomic mass is 9.65. The molecule has 0 bridgehead atoms. The summed E-state index contributed by atoms with van der Waals surface area (Å²) in [5.41, 5.74) is 20.3. The Hall–Kier alpha value is -6.90. The maximum atomic E-state index is 6.19. The topological polar surface area (TPSA) is 16.4 Å². The van der Waals surface area contributed by atoms with Crippen LogP contribution in [0.1, 0.15) is 68.4 Å². The summed E-state index contributed by atoms with van der Waals surface area (Å²) in [4.78, 5) is 2.51. The lowest BCUT2D eigenvalue weighted by Gasteiger charge is -2.37. The van der Waals surface area contributed by atoms with Gasteiger partial charge in [-0.15, -0.1) is 0 Å². The van der Waals surface area contributed by atoms with E-state index in [0.29, 0.717) is 0 Å². The molecule has 3 aliphatic carbocycles. The number of allylic oxidation sites excluding steroid dienone is 8. The smallest absolute Gasteiger partial charge is 0.135 e. The molecular formula is C58H47NO. The molecule has 0 aliphatic heterocycles. The molecule has 0 saturated carbocycles. The molecule has 0 amide bonds. The molecule has 2 heteroatoms. The second kappa shape index (κ2) is 13.9. The molecule has 3 aliphatic rings. The van der Waals surface area contributed by atoms with Gasteiger partial charge in [0.1, 0.15) is 11.2 Å². The van der Waals surface area contributed by atoms with Crippen molar-refractivity contribution in [1.29, 1.82) is 0 Å². The zero-order valence-electron chi connectivity index (χ0n) is 34.7. The first-order valence-corrected chi connectivity index (χ1v) is 21.4. The van der Waals surface area contributed by atoms with Crippen LogP contribution in [-0.2, 0) is 10.8 Å². The average molecular weight is 774 g/mol. The predicted molar refractivity (Wildman–Crippen MR) is 252 cm³/mol. The Morgan fingerprint density at radius 1 is 0.600 bits per heavy atom. The Balaban J connectivity index is 1.13. The van der Waals surface area contributed by atoms with E-state index < -0.39 is 5.41 Å². The number of fused-ring (bicyclic) bond motifs is 7. The van der Waals surface area contributed by atoms with Gasteiger partial charge in [0.2, 0.25) is 0 Å². The molecule has 7 aromatic carbocycles. The van der Waals surface area contributed by atoms with E-state index in [2.05, 4.69) is 209 Å². The standard InChI is InChI=1S/C58H47NO/c1-5-17-49-38(2)56-51(58(49,41-18-8-6-9-19-41)42-20-10-7-11-21-42)25-16-26-53(56)59(44-33-34-46-45-22-12-14-24-50(45)57(3,4)52(46)37-44)43-31-28-39(29-32-43)40-30-35-55-48(36-40)47-23-13-15-27-54(47)60-55/h5-6,8-10,12-37H,7,11H2,1-4H3/b17-5-. The Labute approximate surface area is 353 Å². The number of hydrogen-bond acceptors (Lipinski definition) is 2. The number of anilines is 3. The summed E-state index contributed by atoms with van der Waals surface area (Å²) in [6.07, 6.45) is 13.9. The van der Waals surface area contributed by atoms with E-state index in [-0.39, 0.29) is 5.41 Å². The average Bonchev–Trinajstić information content (AvgIpc) is 3.88. The van der Waals surface area contributed by atoms with Gasteiger partial charge in [-0.1, -0.05) is 153 Å². The van der Waals surface area contributed by atoms with Gasteiger partial charge in [-0.3, -0.25) is 0 Å². The number of benzene rings is 7. The Bertz CT molecular complexity index is 3130. The van der Waals surface area contributed by atoms with E-state index in [9.17, 15) is 0 Å². The summed E-state index contributed by atoms with van der Waals surface area (Å²) < 4.78 is 6.19. The van der Waals surface area contributed by atoms with Crippen LogP contribution >= 0.6 is 0 Å². The monoisotopic (exact) mass is 773 g/mol. The van der Waals surface area contributed by atoms with Crippen molar-refractivity contribution < 1.29 is 4.42 Å². The second-order valence-electron chi connectivity index (χ2n) is 17.1. The van der Waals surface area contributed by atoms with Gasteiger partial charge >= 0.3 is 0 Å². The van der Waals surface area contributed by atoms with Gasteiger partial charge in [0.05, 0.1) is 11.1 Å². The summed E-state index contributed by atoms with van der Waals surface area (Å²) in [5, 5.41) is 2.28. The van der Waals surface area contributed by atoms with Gasteiger partial charge in [-0.2, -0.15) is 0 Å². The summed E-state index contributed by atoms with van der Waals surface area (Å²) >= 11 is 0. The Kier molecular flexibility index (Phi) is 8.36. The first kappa shape index (κ1) is 36.2. The minimum Gasteiger partial charge on any atom is -0.456 e. The third-order valence-corrected chi connectivity index (χ3v) is 13.5. The van der Waals surface area contributed by atoms with Crippen molar-refractivity contribution in [2.75, 3.05) is 4.90 Å². The van der Waals surface area contributed by atoms with Crippen LogP contribution in [0.3, 0.4) is 0 Å². The van der Waals surface area contributed by atoms with Crippen LogP contribution in [0.4, 0.5) is 17.1 Å². The minimum atomic E-state index is -0.451. The van der Waals surface area contributed by atoms with Crippen LogP contribution in [0, 0.1) is 0 Å². The molecule has 0 fully saturated rings. The molecule has 1 unspecified atom stereocenters. The molecule has 290 valence electrons. The molecule has 1 aromatic heterocycles. The highest BCUT2D eigenvalue weighted by atomic mass is 16.3. The number of nitrogens with zero attached hydrogens (tertiary/aromatic N) is 1. The van der Waals surface area contributed by atoms with Crippen molar-refractivity contribution >= 4 is 44.6 Å². The number of para-hydroxylation sites is 1. The molecule has 1 atom stereocenters. The molecule has 0 N–H and O–H groups in total. The third-order valence-electron chi connectivity index (χ3n) is 13.5. The molecular weight excluding hydrogens is 727 g/mol. The van der Waals surface area contributed by atoms with Crippen molar-refractivity contribution in [2.45, 2.75) is 51.4 Å². The van der Waals surface area contributed by atoms with Gasteiger partial charge in [0.25, 0.3) is 0 Å². The highest BCUT2D eigenvalue weighted by molar-refractivity contribution is 6.06. The van der Waals surface area contributed by atoms with Crippen molar-refractivity contribution in [2.24, 2.45) is 0 Å². The number of rotatable bonds is 7. The van der Waals surface area contributed by atoms with Gasteiger partial charge in [-0.25, -0.2) is 0 Å². The van der Waals surface area contributed by atoms with Gasteiger partial charge in [-0.05, 0) is 136 Å². The van der Waals surface area contributed by atoms with Gasteiger partial charge in [0.15, 0.2) is 0 Å². The molecule has 2 nitrogen and oxygen atoms in total. The van der Waals surface area contributed by atoms with E-state index in [0.717, 1.165) is 46.2 Å². The maximum absolute atomic E-state index is 6.19. The second-order valence-corrected chi connectivity index (χ2v) is 17.1. The largest absolute Gasteiger partial charge is 0.456 e. The van der Waals surface area contributed by atoms with Crippen LogP contribution < -0.4 is 4.90 Å². The minimum absolute atomic E-state index is 0.136. The highest BCUT2D eigenvalue weighted by Gasteiger charge is 2.48. The van der Waals surface area contributed by atoms with E-state index in [1.54, 1.807) is 0 Å². The van der Waals surface area contributed by atoms with Crippen LogP contribution in [0.25, 0.3) is 49.8 Å².